The predicted molar refractivity (Wildman–Crippen MR) is 104 cm³/mol. The molecule has 0 radical (unpaired) electrons. The quantitative estimate of drug-likeness (QED) is 0.629. The first-order chi connectivity index (χ1) is 13.5. The zero-order valence-electron chi connectivity index (χ0n) is 14.8. The van der Waals surface area contributed by atoms with Gasteiger partial charge in [0.1, 0.15) is 12.4 Å². The molecule has 0 aliphatic carbocycles. The van der Waals surface area contributed by atoms with Crippen molar-refractivity contribution in [2.75, 3.05) is 12.1 Å². The highest BCUT2D eigenvalue weighted by atomic mass is 79.9. The van der Waals surface area contributed by atoms with Crippen LogP contribution in [0.4, 0.5) is 14.9 Å². The zero-order chi connectivity index (χ0) is 19.7. The number of nitrogens with zero attached hydrogens (tertiary/aromatic N) is 4. The second-order valence-corrected chi connectivity index (χ2v) is 6.86. The van der Waals surface area contributed by atoms with Gasteiger partial charge in [0.25, 0.3) is 0 Å². The Kier molecular flexibility index (Phi) is 4.99. The fourth-order valence-corrected chi connectivity index (χ4v) is 3.17. The number of anilines is 1. The number of carbonyl (C=O) groups is 1. The van der Waals surface area contributed by atoms with Gasteiger partial charge in [0.05, 0.1) is 11.4 Å². The average Bonchev–Trinajstić information content (AvgIpc) is 3.29. The van der Waals surface area contributed by atoms with E-state index in [1.165, 1.54) is 22.2 Å². The number of hydrogen-bond donors (Lipinski definition) is 2. The number of hydrazine groups is 3. The number of aromatic nitrogens is 2. The summed E-state index contributed by atoms with van der Waals surface area (Å²) in [6.07, 6.45) is 1.73. The molecular formula is C18H16BrFN6O2. The van der Waals surface area contributed by atoms with Gasteiger partial charge in [0.2, 0.25) is 5.88 Å². The molecule has 2 amide bonds. The molecule has 1 aromatic heterocycles. The minimum absolute atomic E-state index is 0.187. The SMILES string of the molecule is CN1NNN(c2cccc(Br)c2COc2ccn(-c3ccc(F)cc3)n2)C1=O. The number of urea groups is 1. The van der Waals surface area contributed by atoms with E-state index >= 15 is 0 Å². The Labute approximate surface area is 168 Å². The predicted octanol–water partition coefficient (Wildman–Crippen LogP) is 3.15. The normalized spacial score (nSPS) is 14.0. The van der Waals surface area contributed by atoms with E-state index in [2.05, 4.69) is 32.1 Å². The van der Waals surface area contributed by atoms with E-state index in [0.29, 0.717) is 11.6 Å². The second-order valence-electron chi connectivity index (χ2n) is 6.00. The van der Waals surface area contributed by atoms with Crippen molar-refractivity contribution < 1.29 is 13.9 Å². The van der Waals surface area contributed by atoms with Gasteiger partial charge in [-0.05, 0) is 36.4 Å². The minimum atomic E-state index is -0.306. The third-order valence-electron chi connectivity index (χ3n) is 4.16. The van der Waals surface area contributed by atoms with Gasteiger partial charge in [-0.3, -0.25) is 0 Å². The van der Waals surface area contributed by atoms with E-state index in [9.17, 15) is 9.18 Å². The van der Waals surface area contributed by atoms with Crippen LogP contribution in [0.5, 0.6) is 5.88 Å². The van der Waals surface area contributed by atoms with Crippen molar-refractivity contribution >= 4 is 27.6 Å². The van der Waals surface area contributed by atoms with Crippen LogP contribution in [0, 0.1) is 5.82 Å². The molecule has 1 aliphatic heterocycles. The Morgan fingerprint density at radius 1 is 1.14 bits per heavy atom. The van der Waals surface area contributed by atoms with E-state index < -0.39 is 0 Å². The molecule has 10 heteroatoms. The van der Waals surface area contributed by atoms with Gasteiger partial charge in [-0.15, -0.1) is 16.2 Å². The van der Waals surface area contributed by atoms with Crippen molar-refractivity contribution in [1.29, 1.82) is 0 Å². The van der Waals surface area contributed by atoms with Crippen molar-refractivity contribution in [2.45, 2.75) is 6.61 Å². The molecule has 0 atom stereocenters. The maximum Gasteiger partial charge on any atom is 0.355 e. The smallest absolute Gasteiger partial charge is 0.355 e. The number of ether oxygens (including phenoxy) is 1. The minimum Gasteiger partial charge on any atom is -0.472 e. The lowest BCUT2D eigenvalue weighted by Gasteiger charge is -2.19. The van der Waals surface area contributed by atoms with Crippen molar-refractivity contribution in [3.63, 3.8) is 0 Å². The van der Waals surface area contributed by atoms with Gasteiger partial charge in [-0.25, -0.2) is 23.9 Å². The molecule has 2 heterocycles. The van der Waals surface area contributed by atoms with Crippen LogP contribution in [0.25, 0.3) is 5.69 Å². The number of carbonyl (C=O) groups excluding carboxylic acids is 1. The van der Waals surface area contributed by atoms with E-state index in [4.69, 9.17) is 4.74 Å². The molecule has 1 saturated heterocycles. The molecule has 0 saturated carbocycles. The standard InChI is InChI=1S/C18H16BrFN6O2/c1-24-18(27)26(23-22-24)16-4-2-3-15(19)14(16)11-28-17-9-10-25(21-17)13-7-5-12(20)6-8-13/h2-10,22-23H,11H2,1H3. The fourth-order valence-electron chi connectivity index (χ4n) is 2.70. The summed E-state index contributed by atoms with van der Waals surface area (Å²) in [6, 6.07) is 13.0. The number of hydrogen-bond acceptors (Lipinski definition) is 5. The molecule has 1 aliphatic rings. The lowest BCUT2D eigenvalue weighted by molar-refractivity contribution is 0.214. The molecule has 8 nitrogen and oxygen atoms in total. The summed E-state index contributed by atoms with van der Waals surface area (Å²) in [7, 11) is 1.62. The molecular weight excluding hydrogens is 431 g/mol. The van der Waals surface area contributed by atoms with Gasteiger partial charge in [-0.1, -0.05) is 22.0 Å². The third-order valence-corrected chi connectivity index (χ3v) is 4.91. The third kappa shape index (κ3) is 3.57. The molecule has 2 aromatic carbocycles. The fraction of sp³-hybridized carbons (Fsp3) is 0.111. The summed E-state index contributed by atoms with van der Waals surface area (Å²) in [6.45, 7) is 0.187. The Bertz CT molecular complexity index is 1010. The van der Waals surface area contributed by atoms with Crippen LogP contribution < -0.4 is 20.8 Å². The van der Waals surface area contributed by atoms with Gasteiger partial charge in [-0.2, -0.15) is 0 Å². The van der Waals surface area contributed by atoms with Crippen LogP contribution in [0.15, 0.2) is 59.2 Å². The van der Waals surface area contributed by atoms with Crippen molar-refractivity contribution in [3.8, 4) is 11.6 Å². The molecule has 0 unspecified atom stereocenters. The highest BCUT2D eigenvalue weighted by Crippen LogP contribution is 2.29. The van der Waals surface area contributed by atoms with Crippen molar-refractivity contribution in [3.05, 3.63) is 70.6 Å². The first-order valence-corrected chi connectivity index (χ1v) is 9.13. The monoisotopic (exact) mass is 446 g/mol. The summed E-state index contributed by atoms with van der Waals surface area (Å²) in [5.74, 6) is 0.0982. The maximum absolute atomic E-state index is 13.1. The van der Waals surface area contributed by atoms with Crippen LogP contribution in [0.1, 0.15) is 5.56 Å². The molecule has 3 aromatic rings. The Morgan fingerprint density at radius 3 is 2.64 bits per heavy atom. The van der Waals surface area contributed by atoms with E-state index in [0.717, 1.165) is 15.7 Å². The Balaban J connectivity index is 1.53. The summed E-state index contributed by atoms with van der Waals surface area (Å²) < 4.78 is 21.3. The van der Waals surface area contributed by atoms with E-state index in [1.807, 2.05) is 18.2 Å². The van der Waals surface area contributed by atoms with Gasteiger partial charge >= 0.3 is 6.03 Å². The average molecular weight is 447 g/mol. The lowest BCUT2D eigenvalue weighted by atomic mass is 10.2. The molecule has 0 spiro atoms. The highest BCUT2D eigenvalue weighted by molar-refractivity contribution is 9.10. The van der Waals surface area contributed by atoms with Gasteiger partial charge < -0.3 is 4.74 Å². The number of amides is 2. The summed E-state index contributed by atoms with van der Waals surface area (Å²) in [4.78, 5) is 12.3. The number of halogens is 2. The van der Waals surface area contributed by atoms with Crippen LogP contribution in [0.3, 0.4) is 0 Å². The zero-order valence-corrected chi connectivity index (χ0v) is 16.4. The summed E-state index contributed by atoms with van der Waals surface area (Å²) in [5, 5.41) is 7.07. The van der Waals surface area contributed by atoms with Crippen molar-refractivity contribution in [2.24, 2.45) is 0 Å². The number of nitrogens with one attached hydrogen (secondary N) is 2. The Hall–Kier alpha value is -2.95. The van der Waals surface area contributed by atoms with Crippen molar-refractivity contribution in [1.82, 2.24) is 25.9 Å². The molecule has 1 fully saturated rings. The van der Waals surface area contributed by atoms with Crippen LogP contribution >= 0.6 is 15.9 Å². The second kappa shape index (κ2) is 7.58. The highest BCUT2D eigenvalue weighted by Gasteiger charge is 2.29. The molecule has 2 N–H and O–H groups in total. The summed E-state index contributed by atoms with van der Waals surface area (Å²) in [5.41, 5.74) is 7.67. The van der Waals surface area contributed by atoms with Gasteiger partial charge in [0.15, 0.2) is 0 Å². The first-order valence-electron chi connectivity index (χ1n) is 8.34. The van der Waals surface area contributed by atoms with E-state index in [1.54, 1.807) is 36.1 Å². The van der Waals surface area contributed by atoms with Crippen LogP contribution in [-0.2, 0) is 6.61 Å². The maximum atomic E-state index is 13.1. The topological polar surface area (TPSA) is 74.7 Å². The molecule has 4 rings (SSSR count). The van der Waals surface area contributed by atoms with Crippen LogP contribution in [-0.4, -0.2) is 27.9 Å². The largest absolute Gasteiger partial charge is 0.472 e. The summed E-state index contributed by atoms with van der Waals surface area (Å²) >= 11 is 3.51. The number of benzene rings is 2. The molecule has 28 heavy (non-hydrogen) atoms. The van der Waals surface area contributed by atoms with E-state index in [-0.39, 0.29) is 18.5 Å². The van der Waals surface area contributed by atoms with Crippen LogP contribution in [0.2, 0.25) is 0 Å². The molecule has 144 valence electrons. The Morgan fingerprint density at radius 2 is 1.93 bits per heavy atom. The molecule has 0 bridgehead atoms. The lowest BCUT2D eigenvalue weighted by Crippen LogP contribution is -2.38. The first kappa shape index (κ1) is 18.4. The van der Waals surface area contributed by atoms with Gasteiger partial charge in [0, 0.05) is 29.3 Å². The number of rotatable bonds is 5.